The van der Waals surface area contributed by atoms with Gasteiger partial charge in [0, 0.05) is 19.5 Å². The summed E-state index contributed by atoms with van der Waals surface area (Å²) in [6.07, 6.45) is 4.76. The number of aromatic nitrogens is 4. The molecule has 0 fully saturated rings. The third-order valence-electron chi connectivity index (χ3n) is 2.52. The summed E-state index contributed by atoms with van der Waals surface area (Å²) < 4.78 is 28.8. The molecule has 104 valence electrons. The lowest BCUT2D eigenvalue weighted by Gasteiger charge is -2.04. The summed E-state index contributed by atoms with van der Waals surface area (Å²) in [6.45, 7) is 0. The maximum absolute atomic E-state index is 11.1. The molecule has 0 radical (unpaired) electrons. The number of nitrogens with two attached hydrogens (primary N) is 1. The van der Waals surface area contributed by atoms with Crippen molar-refractivity contribution < 1.29 is 12.9 Å². The van der Waals surface area contributed by atoms with Crippen LogP contribution in [0.1, 0.15) is 18.4 Å². The minimum atomic E-state index is -3.05. The van der Waals surface area contributed by atoms with Gasteiger partial charge in [-0.25, -0.2) is 8.42 Å². The second kappa shape index (κ2) is 5.10. The van der Waals surface area contributed by atoms with Crippen molar-refractivity contribution in [3.63, 3.8) is 0 Å². The molecule has 2 aromatic rings. The van der Waals surface area contributed by atoms with Crippen LogP contribution < -0.4 is 5.73 Å². The molecule has 1 unspecified atom stereocenters. The van der Waals surface area contributed by atoms with E-state index < -0.39 is 15.9 Å². The van der Waals surface area contributed by atoms with Crippen molar-refractivity contribution in [1.29, 1.82) is 0 Å². The summed E-state index contributed by atoms with van der Waals surface area (Å²) in [5, 5.41) is 7.80. The Morgan fingerprint density at radius 1 is 1.53 bits per heavy atom. The smallest absolute Gasteiger partial charge is 0.243 e. The quantitative estimate of drug-likeness (QED) is 0.815. The maximum atomic E-state index is 11.1. The molecule has 0 aliphatic carbocycles. The van der Waals surface area contributed by atoms with Gasteiger partial charge < -0.3 is 10.3 Å². The molecular weight excluding hydrogens is 270 g/mol. The predicted octanol–water partition coefficient (Wildman–Crippen LogP) is -0.0954. The fourth-order valence-electron chi connectivity index (χ4n) is 1.50. The maximum Gasteiger partial charge on any atom is 0.243 e. The highest BCUT2D eigenvalue weighted by atomic mass is 32.2. The van der Waals surface area contributed by atoms with Crippen LogP contribution >= 0.6 is 0 Å². The molecule has 0 aliphatic rings. The zero-order valence-corrected chi connectivity index (χ0v) is 11.5. The van der Waals surface area contributed by atoms with E-state index in [4.69, 9.17) is 10.3 Å². The monoisotopic (exact) mass is 285 g/mol. The Labute approximate surface area is 110 Å². The molecule has 0 saturated heterocycles. The number of hydrogen-bond acceptors (Lipinski definition) is 7. The van der Waals surface area contributed by atoms with Crippen LogP contribution in [-0.4, -0.2) is 40.3 Å². The van der Waals surface area contributed by atoms with Gasteiger partial charge in [0.25, 0.3) is 0 Å². The van der Waals surface area contributed by atoms with Crippen LogP contribution in [-0.2, 0) is 16.9 Å². The first-order valence-electron chi connectivity index (χ1n) is 5.61. The number of hydrogen-bond donors (Lipinski definition) is 1. The lowest BCUT2D eigenvalue weighted by atomic mass is 10.2. The summed E-state index contributed by atoms with van der Waals surface area (Å²) in [5.74, 6) is 0.596. The summed E-state index contributed by atoms with van der Waals surface area (Å²) in [6, 6.07) is -0.590. The Hall–Kier alpha value is -1.74. The molecule has 8 nitrogen and oxygen atoms in total. The zero-order valence-electron chi connectivity index (χ0n) is 10.6. The van der Waals surface area contributed by atoms with Crippen molar-refractivity contribution in [2.75, 3.05) is 12.0 Å². The van der Waals surface area contributed by atoms with Crippen LogP contribution in [0.2, 0.25) is 0 Å². The normalized spacial score (nSPS) is 13.6. The molecule has 0 saturated carbocycles. The molecule has 19 heavy (non-hydrogen) atoms. The van der Waals surface area contributed by atoms with Crippen LogP contribution in [0.15, 0.2) is 16.9 Å². The Morgan fingerprint density at radius 2 is 2.26 bits per heavy atom. The lowest BCUT2D eigenvalue weighted by Crippen LogP contribution is -2.16. The summed E-state index contributed by atoms with van der Waals surface area (Å²) in [7, 11) is -1.27. The Balaban J connectivity index is 2.08. The van der Waals surface area contributed by atoms with Crippen LogP contribution in [0.5, 0.6) is 0 Å². The van der Waals surface area contributed by atoms with E-state index in [1.807, 2.05) is 0 Å². The minimum Gasteiger partial charge on any atom is -0.337 e. The van der Waals surface area contributed by atoms with Gasteiger partial charge in [-0.1, -0.05) is 5.16 Å². The minimum absolute atomic E-state index is 0.0151. The van der Waals surface area contributed by atoms with Crippen molar-refractivity contribution in [3.8, 4) is 11.4 Å². The molecule has 0 amide bonds. The highest BCUT2D eigenvalue weighted by Gasteiger charge is 2.18. The summed E-state index contributed by atoms with van der Waals surface area (Å²) in [5.41, 5.74) is 6.53. The van der Waals surface area contributed by atoms with Gasteiger partial charge in [0.1, 0.15) is 9.84 Å². The van der Waals surface area contributed by atoms with Crippen molar-refractivity contribution >= 4 is 9.84 Å². The molecule has 9 heteroatoms. The third kappa shape index (κ3) is 3.61. The molecule has 2 rings (SSSR count). The molecule has 0 aromatic carbocycles. The van der Waals surface area contributed by atoms with E-state index in [1.165, 1.54) is 0 Å². The van der Waals surface area contributed by atoms with Crippen molar-refractivity contribution in [1.82, 2.24) is 19.9 Å². The van der Waals surface area contributed by atoms with E-state index in [0.717, 1.165) is 6.26 Å². The SMILES string of the molecule is Cn1cc(-c2noc(C(N)CCS(C)(=O)=O)n2)cn1. The molecule has 0 spiro atoms. The lowest BCUT2D eigenvalue weighted by molar-refractivity contribution is 0.352. The first-order chi connectivity index (χ1) is 8.85. The van der Waals surface area contributed by atoms with Gasteiger partial charge in [0.05, 0.1) is 23.6 Å². The fraction of sp³-hybridized carbons (Fsp3) is 0.500. The molecule has 0 bridgehead atoms. The average Bonchev–Trinajstić information content (AvgIpc) is 2.93. The van der Waals surface area contributed by atoms with E-state index in [2.05, 4.69) is 15.2 Å². The Morgan fingerprint density at radius 3 is 2.84 bits per heavy atom. The summed E-state index contributed by atoms with van der Waals surface area (Å²) in [4.78, 5) is 4.14. The Bertz CT molecular complexity index is 660. The van der Waals surface area contributed by atoms with E-state index in [9.17, 15) is 8.42 Å². The van der Waals surface area contributed by atoms with Crippen LogP contribution in [0.3, 0.4) is 0 Å². The second-order valence-corrected chi connectivity index (χ2v) is 6.64. The van der Waals surface area contributed by atoms with Crippen LogP contribution in [0, 0.1) is 0 Å². The van der Waals surface area contributed by atoms with Gasteiger partial charge in [-0.05, 0) is 6.42 Å². The van der Waals surface area contributed by atoms with Crippen molar-refractivity contribution in [2.24, 2.45) is 12.8 Å². The highest BCUT2D eigenvalue weighted by molar-refractivity contribution is 7.90. The first-order valence-corrected chi connectivity index (χ1v) is 7.67. The molecule has 2 aromatic heterocycles. The van der Waals surface area contributed by atoms with Gasteiger partial charge in [-0.3, -0.25) is 4.68 Å². The fourth-order valence-corrected chi connectivity index (χ4v) is 2.19. The average molecular weight is 285 g/mol. The topological polar surface area (TPSA) is 117 Å². The number of sulfone groups is 1. The summed E-state index contributed by atoms with van der Waals surface area (Å²) >= 11 is 0. The molecule has 1 atom stereocenters. The molecule has 0 aliphatic heterocycles. The molecular formula is C10H15N5O3S. The van der Waals surface area contributed by atoms with Crippen molar-refractivity contribution in [2.45, 2.75) is 12.5 Å². The largest absolute Gasteiger partial charge is 0.337 e. The third-order valence-corrected chi connectivity index (χ3v) is 3.50. The number of rotatable bonds is 5. The second-order valence-electron chi connectivity index (χ2n) is 4.38. The zero-order chi connectivity index (χ0) is 14.0. The predicted molar refractivity (Wildman–Crippen MR) is 67.8 cm³/mol. The first kappa shape index (κ1) is 13.7. The standard InChI is InChI=1S/C10H15N5O3S/c1-15-6-7(5-12-15)9-13-10(18-14-9)8(11)3-4-19(2,16)17/h5-6,8H,3-4,11H2,1-2H3. The van der Waals surface area contributed by atoms with Gasteiger partial charge in [0.2, 0.25) is 11.7 Å². The Kier molecular flexibility index (Phi) is 3.67. The van der Waals surface area contributed by atoms with E-state index in [0.29, 0.717) is 11.4 Å². The number of nitrogens with zero attached hydrogens (tertiary/aromatic N) is 4. The van der Waals surface area contributed by atoms with E-state index >= 15 is 0 Å². The van der Waals surface area contributed by atoms with Gasteiger partial charge in [-0.2, -0.15) is 10.1 Å². The number of aryl methyl sites for hydroxylation is 1. The van der Waals surface area contributed by atoms with E-state index in [1.54, 1.807) is 24.1 Å². The van der Waals surface area contributed by atoms with Crippen LogP contribution in [0.4, 0.5) is 0 Å². The highest BCUT2D eigenvalue weighted by Crippen LogP contribution is 2.18. The van der Waals surface area contributed by atoms with Gasteiger partial charge in [0.15, 0.2) is 0 Å². The van der Waals surface area contributed by atoms with Gasteiger partial charge in [-0.15, -0.1) is 0 Å². The van der Waals surface area contributed by atoms with E-state index in [-0.39, 0.29) is 18.1 Å². The molecule has 2 heterocycles. The van der Waals surface area contributed by atoms with Gasteiger partial charge >= 0.3 is 0 Å². The molecule has 2 N–H and O–H groups in total. The van der Waals surface area contributed by atoms with Crippen LogP contribution in [0.25, 0.3) is 11.4 Å². The van der Waals surface area contributed by atoms with Crippen molar-refractivity contribution in [3.05, 3.63) is 18.3 Å².